The van der Waals surface area contributed by atoms with Gasteiger partial charge in [0.1, 0.15) is 5.82 Å². The molecule has 124 valence electrons. The Morgan fingerprint density at radius 1 is 1.41 bits per heavy atom. The molecule has 0 aliphatic carbocycles. The quantitative estimate of drug-likeness (QED) is 0.823. The minimum atomic E-state index is -3.38. The third-order valence-electron chi connectivity index (χ3n) is 4.13. The van der Waals surface area contributed by atoms with Crippen LogP contribution in [0.2, 0.25) is 0 Å². The predicted molar refractivity (Wildman–Crippen MR) is 85.0 cm³/mol. The zero-order valence-corrected chi connectivity index (χ0v) is 13.9. The van der Waals surface area contributed by atoms with Crippen LogP contribution in [-0.2, 0) is 16.8 Å². The monoisotopic (exact) mass is 329 g/mol. The summed E-state index contributed by atoms with van der Waals surface area (Å²) >= 11 is 0. The number of rotatable bonds is 7. The molecular weight excluding hydrogens is 305 g/mol. The topological polar surface area (TPSA) is 52.7 Å². The zero-order chi connectivity index (χ0) is 16.2. The van der Waals surface area contributed by atoms with Gasteiger partial charge in [-0.05, 0) is 24.9 Å². The van der Waals surface area contributed by atoms with Gasteiger partial charge >= 0.3 is 0 Å². The highest BCUT2D eigenvalue weighted by atomic mass is 32.2. The molecule has 2 rings (SSSR count). The van der Waals surface area contributed by atoms with Crippen molar-refractivity contribution in [2.24, 2.45) is 5.92 Å². The summed E-state index contributed by atoms with van der Waals surface area (Å²) in [6.45, 7) is 4.90. The van der Waals surface area contributed by atoms with Crippen molar-refractivity contribution < 1.29 is 12.8 Å². The number of benzene rings is 1. The summed E-state index contributed by atoms with van der Waals surface area (Å²) in [5.74, 6) is 0.0861. The van der Waals surface area contributed by atoms with Crippen LogP contribution in [0.3, 0.4) is 0 Å². The van der Waals surface area contributed by atoms with Crippen molar-refractivity contribution in [1.29, 1.82) is 0 Å². The Bertz CT molecular complexity index is 594. The molecule has 22 heavy (non-hydrogen) atoms. The maximum atomic E-state index is 13.6. The van der Waals surface area contributed by atoms with Gasteiger partial charge in [-0.1, -0.05) is 25.1 Å². The third kappa shape index (κ3) is 4.49. The summed E-state index contributed by atoms with van der Waals surface area (Å²) < 4.78 is 41.4. The molecule has 1 atom stereocenters. The summed E-state index contributed by atoms with van der Waals surface area (Å²) in [5, 5.41) is 0. The molecule has 0 radical (unpaired) electrons. The lowest BCUT2D eigenvalue weighted by molar-refractivity contribution is 0.311. The molecule has 1 aliphatic rings. The Kier molecular flexibility index (Phi) is 5.91. The van der Waals surface area contributed by atoms with Crippen molar-refractivity contribution in [2.75, 3.05) is 33.2 Å². The molecule has 7 heteroatoms. The van der Waals surface area contributed by atoms with Crippen LogP contribution in [0.25, 0.3) is 0 Å². The molecule has 0 aromatic heterocycles. The predicted octanol–water partition coefficient (Wildman–Crippen LogP) is 1.43. The molecule has 1 fully saturated rings. The van der Waals surface area contributed by atoms with E-state index in [-0.39, 0.29) is 11.7 Å². The molecule has 0 bridgehead atoms. The molecule has 1 N–H and O–H groups in total. The summed E-state index contributed by atoms with van der Waals surface area (Å²) in [4.78, 5) is 2.17. The lowest BCUT2D eigenvalue weighted by Crippen LogP contribution is -2.40. The average Bonchev–Trinajstić information content (AvgIpc) is 2.94. The van der Waals surface area contributed by atoms with E-state index in [1.54, 1.807) is 26.1 Å². The van der Waals surface area contributed by atoms with Crippen LogP contribution in [0.4, 0.5) is 4.39 Å². The zero-order valence-electron chi connectivity index (χ0n) is 13.1. The summed E-state index contributed by atoms with van der Waals surface area (Å²) in [6.07, 6.45) is 0.923. The van der Waals surface area contributed by atoms with E-state index in [2.05, 4.69) is 9.62 Å². The number of hydrogen-bond donors (Lipinski definition) is 1. The van der Waals surface area contributed by atoms with Gasteiger partial charge in [0.2, 0.25) is 0 Å². The van der Waals surface area contributed by atoms with E-state index in [0.29, 0.717) is 25.2 Å². The van der Waals surface area contributed by atoms with Crippen LogP contribution in [0.15, 0.2) is 24.3 Å². The molecule has 0 saturated carbocycles. The van der Waals surface area contributed by atoms with Crippen molar-refractivity contribution in [2.45, 2.75) is 19.9 Å². The molecule has 1 aromatic carbocycles. The van der Waals surface area contributed by atoms with E-state index in [0.717, 1.165) is 19.5 Å². The summed E-state index contributed by atoms with van der Waals surface area (Å²) in [7, 11) is -1.82. The Labute approximate surface area is 132 Å². The van der Waals surface area contributed by atoms with Crippen LogP contribution < -0.4 is 4.72 Å². The van der Waals surface area contributed by atoms with Gasteiger partial charge in [0.25, 0.3) is 10.2 Å². The van der Waals surface area contributed by atoms with E-state index < -0.39 is 10.2 Å². The smallest absolute Gasteiger partial charge is 0.279 e. The van der Waals surface area contributed by atoms with Crippen LogP contribution in [0.5, 0.6) is 0 Å². The Morgan fingerprint density at radius 3 is 2.82 bits per heavy atom. The fraction of sp³-hybridized carbons (Fsp3) is 0.600. The van der Waals surface area contributed by atoms with Crippen molar-refractivity contribution in [1.82, 2.24) is 13.9 Å². The third-order valence-corrected chi connectivity index (χ3v) is 5.74. The number of likely N-dealkylation sites (tertiary alicyclic amines) is 1. The van der Waals surface area contributed by atoms with Crippen LogP contribution in [0, 0.1) is 11.7 Å². The Balaban J connectivity index is 1.82. The van der Waals surface area contributed by atoms with Crippen molar-refractivity contribution in [3.63, 3.8) is 0 Å². The largest absolute Gasteiger partial charge is 0.299 e. The van der Waals surface area contributed by atoms with Gasteiger partial charge in [-0.2, -0.15) is 12.7 Å². The first-order chi connectivity index (χ1) is 10.4. The van der Waals surface area contributed by atoms with E-state index >= 15 is 0 Å². The average molecular weight is 329 g/mol. The molecular formula is C15H24FN3O2S. The van der Waals surface area contributed by atoms with Crippen LogP contribution in [-0.4, -0.2) is 50.8 Å². The highest BCUT2D eigenvalue weighted by Gasteiger charge is 2.25. The first-order valence-electron chi connectivity index (χ1n) is 7.59. The molecule has 1 heterocycles. The normalized spacial score (nSPS) is 19.9. The minimum absolute atomic E-state index is 0.184. The highest BCUT2D eigenvalue weighted by molar-refractivity contribution is 7.87. The van der Waals surface area contributed by atoms with Gasteiger partial charge in [-0.3, -0.25) is 4.90 Å². The van der Waals surface area contributed by atoms with E-state index in [1.807, 2.05) is 6.07 Å². The second kappa shape index (κ2) is 7.50. The van der Waals surface area contributed by atoms with Gasteiger partial charge in [-0.25, -0.2) is 9.11 Å². The number of hydrogen-bond acceptors (Lipinski definition) is 3. The highest BCUT2D eigenvalue weighted by Crippen LogP contribution is 2.19. The van der Waals surface area contributed by atoms with Crippen LogP contribution >= 0.6 is 0 Å². The lowest BCUT2D eigenvalue weighted by Gasteiger charge is -2.19. The molecule has 1 aliphatic heterocycles. The van der Waals surface area contributed by atoms with E-state index in [1.165, 1.54) is 10.4 Å². The second-order valence-electron chi connectivity index (χ2n) is 5.75. The van der Waals surface area contributed by atoms with Gasteiger partial charge in [0, 0.05) is 38.8 Å². The number of nitrogens with zero attached hydrogens (tertiary/aromatic N) is 2. The van der Waals surface area contributed by atoms with Crippen molar-refractivity contribution in [3.05, 3.63) is 35.6 Å². The summed E-state index contributed by atoms with van der Waals surface area (Å²) in [5.41, 5.74) is 0.689. The lowest BCUT2D eigenvalue weighted by atomic mass is 10.1. The Hall–Kier alpha value is -1.02. The summed E-state index contributed by atoms with van der Waals surface area (Å²) in [6, 6.07) is 6.78. The molecule has 1 saturated heterocycles. The van der Waals surface area contributed by atoms with E-state index in [9.17, 15) is 12.8 Å². The Morgan fingerprint density at radius 2 is 2.14 bits per heavy atom. The minimum Gasteiger partial charge on any atom is -0.299 e. The maximum Gasteiger partial charge on any atom is 0.279 e. The number of halogens is 1. The SMILES string of the molecule is CCN(C)S(=O)(=O)NC[C@@H]1CCN(Cc2ccccc2F)C1. The fourth-order valence-corrected chi connectivity index (χ4v) is 3.60. The van der Waals surface area contributed by atoms with Gasteiger partial charge in [-0.15, -0.1) is 0 Å². The molecule has 0 unspecified atom stereocenters. The first-order valence-corrected chi connectivity index (χ1v) is 9.03. The van der Waals surface area contributed by atoms with Gasteiger partial charge in [0.15, 0.2) is 0 Å². The second-order valence-corrected chi connectivity index (χ2v) is 7.61. The fourth-order valence-electron chi connectivity index (χ4n) is 2.59. The number of nitrogens with one attached hydrogen (secondary N) is 1. The maximum absolute atomic E-state index is 13.6. The first kappa shape index (κ1) is 17.3. The van der Waals surface area contributed by atoms with Gasteiger partial charge in [0.05, 0.1) is 0 Å². The van der Waals surface area contributed by atoms with Crippen LogP contribution in [0.1, 0.15) is 18.9 Å². The van der Waals surface area contributed by atoms with Gasteiger partial charge < -0.3 is 0 Å². The van der Waals surface area contributed by atoms with E-state index in [4.69, 9.17) is 0 Å². The molecule has 1 aromatic rings. The van der Waals surface area contributed by atoms with Crippen molar-refractivity contribution in [3.8, 4) is 0 Å². The molecule has 5 nitrogen and oxygen atoms in total. The molecule has 0 amide bonds. The molecule has 0 spiro atoms. The standard InChI is InChI=1S/C15H24FN3O2S/c1-3-18(2)22(20,21)17-10-13-8-9-19(11-13)12-14-6-4-5-7-15(14)16/h4-7,13,17H,3,8-12H2,1-2H3/t13-/m0/s1. The van der Waals surface area contributed by atoms with Crippen molar-refractivity contribution >= 4 is 10.2 Å².